The first-order valence-electron chi connectivity index (χ1n) is 12.9. The van der Waals surface area contributed by atoms with E-state index in [-0.39, 0.29) is 11.4 Å². The van der Waals surface area contributed by atoms with Crippen LogP contribution in [0.15, 0.2) is 95.1 Å². The normalized spacial score (nSPS) is 15.4. The second-order valence-corrected chi connectivity index (χ2v) is 10.2. The highest BCUT2D eigenvalue weighted by molar-refractivity contribution is 8.27. The van der Waals surface area contributed by atoms with E-state index in [1.54, 1.807) is 30.3 Å². The van der Waals surface area contributed by atoms with Gasteiger partial charge in [-0.05, 0) is 66.6 Å². The number of nitrogens with one attached hydrogen (secondary N) is 1. The van der Waals surface area contributed by atoms with Crippen LogP contribution in [-0.4, -0.2) is 46.8 Å². The standard InChI is InChI=1S/C31H27ClN4O4S/c1-3-9-21-10-5-8-13-25(21)39-16-17-40-26-15-14-20(19-27(26)38-4-2)18-23-28(33)36-31(34-29(23)37)41-30(35-36)22-11-6-7-12-24(22)32/h3,5-8,10-15,18-19,33H,1,4,9,16-17H2,2H3/b23-18-,33-28?. The molecule has 0 unspecified atom stereocenters. The Kier molecular flexibility index (Phi) is 8.86. The van der Waals surface area contributed by atoms with Gasteiger partial charge in [0.05, 0.1) is 17.2 Å². The van der Waals surface area contributed by atoms with E-state index in [1.807, 2.05) is 55.5 Å². The van der Waals surface area contributed by atoms with Crippen LogP contribution in [0.4, 0.5) is 0 Å². The van der Waals surface area contributed by atoms with Crippen molar-refractivity contribution in [1.29, 1.82) is 5.41 Å². The zero-order valence-corrected chi connectivity index (χ0v) is 23.9. The largest absolute Gasteiger partial charge is 0.490 e. The number of hydrogen-bond acceptors (Lipinski definition) is 7. The van der Waals surface area contributed by atoms with Gasteiger partial charge in [0.25, 0.3) is 5.91 Å². The van der Waals surface area contributed by atoms with Crippen LogP contribution in [0.25, 0.3) is 6.08 Å². The van der Waals surface area contributed by atoms with Gasteiger partial charge in [0.2, 0.25) is 5.17 Å². The Morgan fingerprint density at radius 1 is 1.00 bits per heavy atom. The molecule has 1 amide bonds. The molecule has 0 aliphatic carbocycles. The van der Waals surface area contributed by atoms with Crippen LogP contribution in [0.1, 0.15) is 23.6 Å². The quantitative estimate of drug-likeness (QED) is 0.155. The van der Waals surface area contributed by atoms with Crippen molar-refractivity contribution < 1.29 is 19.0 Å². The summed E-state index contributed by atoms with van der Waals surface area (Å²) in [4.78, 5) is 17.1. The number of ether oxygens (including phenoxy) is 3. The maximum atomic E-state index is 12.9. The number of hydrogen-bond donors (Lipinski definition) is 1. The number of amidine groups is 2. The highest BCUT2D eigenvalue weighted by Crippen LogP contribution is 2.34. The summed E-state index contributed by atoms with van der Waals surface area (Å²) >= 11 is 7.53. The van der Waals surface area contributed by atoms with Gasteiger partial charge in [0, 0.05) is 5.56 Å². The number of thioether (sulfide) groups is 1. The summed E-state index contributed by atoms with van der Waals surface area (Å²) < 4.78 is 17.7. The SMILES string of the molecule is C=CCc1ccccc1OCCOc1ccc(/C=C2/C(=N)N3N=C(c4ccccc4Cl)SC3=NC2=O)cc1OCC. The minimum absolute atomic E-state index is 0.0678. The van der Waals surface area contributed by atoms with Crippen LogP contribution < -0.4 is 14.2 Å². The van der Waals surface area contributed by atoms with Crippen LogP contribution >= 0.6 is 23.4 Å². The molecule has 1 N–H and O–H groups in total. The molecular formula is C31H27ClN4O4S. The van der Waals surface area contributed by atoms with Crippen molar-refractivity contribution in [3.05, 3.63) is 107 Å². The number of benzene rings is 3. The molecule has 208 valence electrons. The molecule has 41 heavy (non-hydrogen) atoms. The lowest BCUT2D eigenvalue weighted by Crippen LogP contribution is -2.35. The number of para-hydroxylation sites is 1. The summed E-state index contributed by atoms with van der Waals surface area (Å²) in [6, 6.07) is 20.4. The number of allylic oxidation sites excluding steroid dienone is 1. The third kappa shape index (κ3) is 6.37. The van der Waals surface area contributed by atoms with E-state index in [2.05, 4.69) is 16.7 Å². The van der Waals surface area contributed by atoms with E-state index in [0.717, 1.165) is 17.7 Å². The maximum absolute atomic E-state index is 12.9. The topological polar surface area (TPSA) is 96.6 Å². The Labute approximate surface area is 247 Å². The fraction of sp³-hybridized carbons (Fsp3) is 0.161. The average molecular weight is 587 g/mol. The van der Waals surface area contributed by atoms with E-state index in [4.69, 9.17) is 31.2 Å². The van der Waals surface area contributed by atoms with Crippen molar-refractivity contribution in [2.45, 2.75) is 13.3 Å². The van der Waals surface area contributed by atoms with Crippen molar-refractivity contribution in [2.24, 2.45) is 10.1 Å². The molecule has 2 heterocycles. The molecule has 0 bridgehead atoms. The molecule has 5 rings (SSSR count). The van der Waals surface area contributed by atoms with E-state index in [0.29, 0.717) is 57.7 Å². The van der Waals surface area contributed by atoms with E-state index in [9.17, 15) is 4.79 Å². The molecule has 0 radical (unpaired) electrons. The number of carbonyl (C=O) groups is 1. The van der Waals surface area contributed by atoms with E-state index < -0.39 is 5.91 Å². The maximum Gasteiger partial charge on any atom is 0.283 e. The predicted molar refractivity (Wildman–Crippen MR) is 165 cm³/mol. The smallest absolute Gasteiger partial charge is 0.283 e. The number of fused-ring (bicyclic) bond motifs is 1. The molecule has 3 aromatic rings. The van der Waals surface area contributed by atoms with Crippen LogP contribution in [0.2, 0.25) is 5.02 Å². The fourth-order valence-corrected chi connectivity index (χ4v) is 5.39. The van der Waals surface area contributed by atoms with Gasteiger partial charge in [0.1, 0.15) is 24.0 Å². The number of carbonyl (C=O) groups excluding carboxylic acids is 1. The molecule has 0 saturated carbocycles. The Bertz CT molecular complexity index is 1600. The number of rotatable bonds is 11. The lowest BCUT2D eigenvalue weighted by molar-refractivity contribution is -0.114. The van der Waals surface area contributed by atoms with Crippen LogP contribution in [0, 0.1) is 5.41 Å². The number of amides is 1. The van der Waals surface area contributed by atoms with Gasteiger partial charge >= 0.3 is 0 Å². The minimum atomic E-state index is -0.517. The molecule has 2 aliphatic rings. The van der Waals surface area contributed by atoms with Gasteiger partial charge in [-0.15, -0.1) is 6.58 Å². The van der Waals surface area contributed by atoms with Gasteiger partial charge in [-0.25, -0.2) is 0 Å². The van der Waals surface area contributed by atoms with Crippen LogP contribution in [0.3, 0.4) is 0 Å². The van der Waals surface area contributed by atoms with Gasteiger partial charge in [-0.2, -0.15) is 15.1 Å². The zero-order valence-electron chi connectivity index (χ0n) is 22.3. The van der Waals surface area contributed by atoms with E-state index in [1.165, 1.54) is 16.8 Å². The van der Waals surface area contributed by atoms with Crippen LogP contribution in [-0.2, 0) is 11.2 Å². The lowest BCUT2D eigenvalue weighted by atomic mass is 10.1. The highest BCUT2D eigenvalue weighted by Gasteiger charge is 2.36. The molecule has 3 aromatic carbocycles. The monoisotopic (exact) mass is 586 g/mol. The molecule has 0 saturated heterocycles. The second-order valence-electron chi connectivity index (χ2n) is 8.84. The minimum Gasteiger partial charge on any atom is -0.490 e. The summed E-state index contributed by atoms with van der Waals surface area (Å²) in [6.07, 6.45) is 4.16. The molecule has 0 atom stereocenters. The number of hydrazone groups is 1. The number of nitrogens with zero attached hydrogens (tertiary/aromatic N) is 3. The molecule has 0 spiro atoms. The first kappa shape index (κ1) is 28.2. The third-order valence-electron chi connectivity index (χ3n) is 6.07. The van der Waals surface area contributed by atoms with Crippen molar-refractivity contribution in [3.8, 4) is 17.2 Å². The number of halogens is 1. The molecule has 0 aromatic heterocycles. The summed E-state index contributed by atoms with van der Waals surface area (Å²) in [5.74, 6) is 1.28. The van der Waals surface area contributed by atoms with Crippen molar-refractivity contribution in [1.82, 2.24) is 5.01 Å². The van der Waals surface area contributed by atoms with E-state index >= 15 is 0 Å². The van der Waals surface area contributed by atoms with Gasteiger partial charge in [-0.3, -0.25) is 10.2 Å². The third-order valence-corrected chi connectivity index (χ3v) is 7.34. The first-order chi connectivity index (χ1) is 20.0. The van der Waals surface area contributed by atoms with Crippen molar-refractivity contribution in [2.75, 3.05) is 19.8 Å². The average Bonchev–Trinajstić information content (AvgIpc) is 3.39. The molecule has 8 nitrogen and oxygen atoms in total. The van der Waals surface area contributed by atoms with Crippen molar-refractivity contribution >= 4 is 51.4 Å². The summed E-state index contributed by atoms with van der Waals surface area (Å²) in [5.41, 5.74) is 2.54. The van der Waals surface area contributed by atoms with Gasteiger partial charge in [0.15, 0.2) is 17.3 Å². The Morgan fingerprint density at radius 2 is 1.76 bits per heavy atom. The van der Waals surface area contributed by atoms with Gasteiger partial charge < -0.3 is 14.2 Å². The molecular weight excluding hydrogens is 560 g/mol. The molecule has 2 aliphatic heterocycles. The number of aliphatic imine (C=N–C) groups is 1. The Hall–Kier alpha value is -4.34. The summed E-state index contributed by atoms with van der Waals surface area (Å²) in [7, 11) is 0. The summed E-state index contributed by atoms with van der Waals surface area (Å²) in [5, 5.41) is 16.0. The summed E-state index contributed by atoms with van der Waals surface area (Å²) in [6.45, 7) is 6.76. The fourth-order valence-electron chi connectivity index (χ4n) is 4.18. The predicted octanol–water partition coefficient (Wildman–Crippen LogP) is 6.59. The van der Waals surface area contributed by atoms with Crippen molar-refractivity contribution in [3.63, 3.8) is 0 Å². The Morgan fingerprint density at radius 3 is 2.54 bits per heavy atom. The Balaban J connectivity index is 1.30. The molecule has 0 fully saturated rings. The highest BCUT2D eigenvalue weighted by atomic mass is 35.5. The zero-order chi connectivity index (χ0) is 28.8. The molecule has 10 heteroatoms. The second kappa shape index (κ2) is 12.9. The van der Waals surface area contributed by atoms with Gasteiger partial charge in [-0.1, -0.05) is 60.1 Å². The first-order valence-corrected chi connectivity index (χ1v) is 14.1. The van der Waals surface area contributed by atoms with Crippen LogP contribution in [0.5, 0.6) is 17.2 Å². The lowest BCUT2D eigenvalue weighted by Gasteiger charge is -2.20.